The van der Waals surface area contributed by atoms with Gasteiger partial charge in [0.2, 0.25) is 0 Å². The average Bonchev–Trinajstić information content (AvgIpc) is 3.75. The highest BCUT2D eigenvalue weighted by atomic mass is 16.3. The first-order chi connectivity index (χ1) is 31.8. The fourth-order valence-electron chi connectivity index (χ4n) is 12.9. The van der Waals surface area contributed by atoms with Gasteiger partial charge in [-0.3, -0.25) is 0 Å². The van der Waals surface area contributed by atoms with Crippen molar-refractivity contribution in [3.63, 3.8) is 0 Å². The number of hydrogen-bond donors (Lipinski definition) is 0. The van der Waals surface area contributed by atoms with Crippen molar-refractivity contribution in [1.82, 2.24) is 0 Å². The highest BCUT2D eigenvalue weighted by Crippen LogP contribution is 2.63. The first-order valence-corrected chi connectivity index (χ1v) is 25.0. The van der Waals surface area contributed by atoms with Crippen LogP contribution in [0.25, 0.3) is 44.2 Å². The molecule has 1 saturated carbocycles. The number of nitrogens with zero attached hydrogens (tertiary/aromatic N) is 2. The topological polar surface area (TPSA) is 19.6 Å². The van der Waals surface area contributed by atoms with E-state index < -0.39 is 0 Å². The zero-order valence-corrected chi connectivity index (χ0v) is 41.8. The SMILES string of the molecule is Cc1cc2c3c(c1)N1c4c(cc(C(C)(C)C)cc4C4(C)CCCCC14C)B3c1cc3oc4cc(C(C)(C)C)ccc4c3cc1N2c1c(-c2ccccc2)cc(C(C)(C)C)cc1-c1ccccc1. The number of furan rings is 1. The molecule has 3 nitrogen and oxygen atoms in total. The standard InChI is InChI=1S/C63H65BN2O/c1-38-29-52-56-53(30-38)66-58-48(62(11)27-19-20-28-63(62,66)12)33-43(61(8,9)10)34-50(58)64(56)49-37-55-47(44-26-25-41(59(2,3)4)35-54(44)67-55)36-51(49)65(52)57-45(39-21-15-13-16-22-39)31-42(60(5,6)7)32-46(57)40-23-17-14-18-24-40/h13-18,21-26,29-37H,19-20,27-28H2,1-12H3. The molecular weight excluding hydrogens is 812 g/mol. The van der Waals surface area contributed by atoms with Crippen LogP contribution in [0, 0.1) is 6.92 Å². The van der Waals surface area contributed by atoms with Gasteiger partial charge in [-0.15, -0.1) is 0 Å². The van der Waals surface area contributed by atoms with E-state index in [-0.39, 0.29) is 33.9 Å². The normalized spacial score (nSPS) is 19.7. The molecule has 1 fully saturated rings. The van der Waals surface area contributed by atoms with Crippen LogP contribution in [0.2, 0.25) is 0 Å². The Morgan fingerprint density at radius 1 is 0.522 bits per heavy atom. The van der Waals surface area contributed by atoms with E-state index in [0.29, 0.717) is 0 Å². The third-order valence-corrected chi connectivity index (χ3v) is 16.9. The lowest BCUT2D eigenvalue weighted by atomic mass is 9.33. The summed E-state index contributed by atoms with van der Waals surface area (Å²) in [5.74, 6) is 0. The predicted octanol–water partition coefficient (Wildman–Crippen LogP) is 15.5. The van der Waals surface area contributed by atoms with Crippen LogP contribution in [0.5, 0.6) is 0 Å². The predicted molar refractivity (Wildman–Crippen MR) is 288 cm³/mol. The molecule has 4 heteroatoms. The summed E-state index contributed by atoms with van der Waals surface area (Å²) in [5.41, 5.74) is 24.1. The van der Waals surface area contributed by atoms with Crippen molar-refractivity contribution in [2.24, 2.45) is 0 Å². The van der Waals surface area contributed by atoms with Gasteiger partial charge in [-0.2, -0.15) is 0 Å². The van der Waals surface area contributed by atoms with Gasteiger partial charge in [-0.05, 0) is 141 Å². The number of benzene rings is 7. The van der Waals surface area contributed by atoms with Gasteiger partial charge < -0.3 is 14.2 Å². The van der Waals surface area contributed by atoms with E-state index in [1.807, 2.05) is 0 Å². The summed E-state index contributed by atoms with van der Waals surface area (Å²) in [6.45, 7) is 28.7. The molecule has 3 aliphatic heterocycles. The summed E-state index contributed by atoms with van der Waals surface area (Å²) in [6.07, 6.45) is 4.86. The Kier molecular flexibility index (Phi) is 8.87. The van der Waals surface area contributed by atoms with E-state index in [1.54, 1.807) is 5.56 Å². The van der Waals surface area contributed by atoms with Crippen molar-refractivity contribution in [3.8, 4) is 22.3 Å². The molecule has 0 spiro atoms. The molecule has 0 amide bonds. The first-order valence-electron chi connectivity index (χ1n) is 25.0. The van der Waals surface area contributed by atoms with Crippen LogP contribution in [0.1, 0.15) is 130 Å². The second kappa shape index (κ2) is 14.0. The fraction of sp³-hybridized carbons (Fsp3) is 0.333. The van der Waals surface area contributed by atoms with Gasteiger partial charge in [0.25, 0.3) is 6.71 Å². The lowest BCUT2D eigenvalue weighted by Crippen LogP contribution is -2.64. The Labute approximate surface area is 399 Å². The maximum Gasteiger partial charge on any atom is 0.252 e. The number of hydrogen-bond acceptors (Lipinski definition) is 3. The molecule has 2 unspecified atom stereocenters. The molecule has 1 aliphatic carbocycles. The van der Waals surface area contributed by atoms with Crippen molar-refractivity contribution < 1.29 is 4.42 Å². The minimum Gasteiger partial charge on any atom is -0.456 e. The Bertz CT molecular complexity index is 3300. The van der Waals surface area contributed by atoms with Crippen LogP contribution in [-0.2, 0) is 21.7 Å². The van der Waals surface area contributed by atoms with Gasteiger partial charge in [-0.25, -0.2) is 0 Å². The summed E-state index contributed by atoms with van der Waals surface area (Å²) in [5, 5.41) is 2.31. The van der Waals surface area contributed by atoms with E-state index in [9.17, 15) is 0 Å². The van der Waals surface area contributed by atoms with Gasteiger partial charge in [0, 0.05) is 50.1 Å². The van der Waals surface area contributed by atoms with E-state index in [1.165, 1.54) is 109 Å². The van der Waals surface area contributed by atoms with Crippen LogP contribution >= 0.6 is 0 Å². The van der Waals surface area contributed by atoms with Crippen LogP contribution in [0.4, 0.5) is 28.4 Å². The monoisotopic (exact) mass is 877 g/mol. The van der Waals surface area contributed by atoms with Gasteiger partial charge >= 0.3 is 0 Å². The molecular formula is C63H65BN2O. The van der Waals surface area contributed by atoms with E-state index in [2.05, 4.69) is 220 Å². The van der Waals surface area contributed by atoms with Crippen LogP contribution in [-0.4, -0.2) is 12.3 Å². The maximum absolute atomic E-state index is 7.09. The molecule has 0 saturated heterocycles. The number of aryl methyl sites for hydroxylation is 1. The zero-order chi connectivity index (χ0) is 46.7. The summed E-state index contributed by atoms with van der Waals surface area (Å²) in [6, 6.07) is 49.5. The molecule has 0 bridgehead atoms. The zero-order valence-electron chi connectivity index (χ0n) is 41.8. The molecule has 8 aromatic rings. The smallest absolute Gasteiger partial charge is 0.252 e. The molecule has 12 rings (SSSR count). The molecule has 4 aliphatic rings. The third kappa shape index (κ3) is 6.03. The Balaban J connectivity index is 1.27. The molecule has 336 valence electrons. The van der Waals surface area contributed by atoms with Crippen molar-refractivity contribution in [2.45, 2.75) is 136 Å². The second-order valence-electron chi connectivity index (χ2n) is 24.2. The maximum atomic E-state index is 7.09. The molecule has 4 heterocycles. The Morgan fingerprint density at radius 2 is 1.10 bits per heavy atom. The minimum atomic E-state index is -0.0865. The minimum absolute atomic E-state index is 0.000428. The van der Waals surface area contributed by atoms with Crippen molar-refractivity contribution in [3.05, 3.63) is 155 Å². The van der Waals surface area contributed by atoms with E-state index >= 15 is 0 Å². The van der Waals surface area contributed by atoms with Crippen molar-refractivity contribution >= 4 is 73.5 Å². The molecule has 2 atom stereocenters. The fourth-order valence-corrected chi connectivity index (χ4v) is 12.9. The molecule has 0 N–H and O–H groups in total. The summed E-state index contributed by atoms with van der Waals surface area (Å²) >= 11 is 0. The highest BCUT2D eigenvalue weighted by molar-refractivity contribution is 7.00. The molecule has 1 aromatic heterocycles. The first kappa shape index (κ1) is 42.4. The molecule has 0 radical (unpaired) electrons. The highest BCUT2D eigenvalue weighted by Gasteiger charge is 2.61. The average molecular weight is 877 g/mol. The quantitative estimate of drug-likeness (QED) is 0.165. The van der Waals surface area contributed by atoms with E-state index in [0.717, 1.165) is 28.4 Å². The molecule has 67 heavy (non-hydrogen) atoms. The summed E-state index contributed by atoms with van der Waals surface area (Å²) < 4.78 is 7.09. The van der Waals surface area contributed by atoms with Crippen LogP contribution in [0.15, 0.2) is 132 Å². The summed E-state index contributed by atoms with van der Waals surface area (Å²) in [7, 11) is 0. The number of rotatable bonds is 3. The van der Waals surface area contributed by atoms with Crippen LogP contribution < -0.4 is 26.2 Å². The lowest BCUT2D eigenvalue weighted by Gasteiger charge is -2.53. The Morgan fingerprint density at radius 3 is 1.73 bits per heavy atom. The largest absolute Gasteiger partial charge is 0.456 e. The van der Waals surface area contributed by atoms with Crippen molar-refractivity contribution in [2.75, 3.05) is 9.80 Å². The van der Waals surface area contributed by atoms with Gasteiger partial charge in [0.1, 0.15) is 11.2 Å². The number of anilines is 5. The van der Waals surface area contributed by atoms with Crippen molar-refractivity contribution in [1.29, 1.82) is 0 Å². The summed E-state index contributed by atoms with van der Waals surface area (Å²) in [4.78, 5) is 5.58. The van der Waals surface area contributed by atoms with E-state index in [4.69, 9.17) is 4.42 Å². The second-order valence-corrected chi connectivity index (χ2v) is 24.2. The lowest BCUT2D eigenvalue weighted by molar-refractivity contribution is 0.195. The Hall–Kier alpha value is -6.00. The van der Waals surface area contributed by atoms with Crippen LogP contribution in [0.3, 0.4) is 0 Å². The van der Waals surface area contributed by atoms with Gasteiger partial charge in [0.05, 0.1) is 11.2 Å². The molecule has 7 aromatic carbocycles. The number of fused-ring (bicyclic) bond motifs is 10. The van der Waals surface area contributed by atoms with Gasteiger partial charge in [-0.1, -0.05) is 167 Å². The third-order valence-electron chi connectivity index (χ3n) is 16.9. The van der Waals surface area contributed by atoms with Gasteiger partial charge in [0.15, 0.2) is 0 Å².